The van der Waals surface area contributed by atoms with Crippen molar-refractivity contribution in [2.24, 2.45) is 0 Å². The van der Waals surface area contributed by atoms with E-state index in [1.54, 1.807) is 25.1 Å². The van der Waals surface area contributed by atoms with Crippen LogP contribution in [0.15, 0.2) is 65.9 Å². The van der Waals surface area contributed by atoms with Crippen molar-refractivity contribution in [3.05, 3.63) is 77.1 Å². The van der Waals surface area contributed by atoms with E-state index in [2.05, 4.69) is 0 Å². The number of phenolic OH excluding ortho intramolecular Hbond substituents is 1. The molecule has 0 spiro atoms. The first kappa shape index (κ1) is 24.0. The SMILES string of the molecule is CCOc1cc(C2C(C(=O)/C=C/c3ccccc3)=C(O)C(=O)N2CCOCCO)ccc1O. The van der Waals surface area contributed by atoms with Crippen LogP contribution in [-0.2, 0) is 14.3 Å². The van der Waals surface area contributed by atoms with Crippen molar-refractivity contribution in [2.45, 2.75) is 13.0 Å². The standard InChI is InChI=1S/C25H27NO7/c1-2-33-21-16-18(9-11-19(21)28)23-22(20(29)10-8-17-6-4-3-5-7-17)24(30)25(31)26(23)12-14-32-15-13-27/h3-11,16,23,27-28,30H,2,12-15H2,1H3/b10-8+. The summed E-state index contributed by atoms with van der Waals surface area (Å²) in [6, 6.07) is 12.8. The molecule has 8 nitrogen and oxygen atoms in total. The molecule has 1 amide bonds. The molecule has 0 fully saturated rings. The molecule has 0 radical (unpaired) electrons. The predicted octanol–water partition coefficient (Wildman–Crippen LogP) is 2.78. The third-order valence-corrected chi connectivity index (χ3v) is 5.11. The van der Waals surface area contributed by atoms with Gasteiger partial charge < -0.3 is 29.7 Å². The number of hydrogen-bond donors (Lipinski definition) is 3. The Labute approximate surface area is 192 Å². The zero-order valence-electron chi connectivity index (χ0n) is 18.3. The molecule has 3 N–H and O–H groups in total. The number of ketones is 1. The van der Waals surface area contributed by atoms with Crippen molar-refractivity contribution >= 4 is 17.8 Å². The normalized spacial score (nSPS) is 16.1. The Morgan fingerprint density at radius 2 is 1.88 bits per heavy atom. The van der Waals surface area contributed by atoms with Gasteiger partial charge in [0.2, 0.25) is 0 Å². The van der Waals surface area contributed by atoms with Gasteiger partial charge in [-0.25, -0.2) is 0 Å². The van der Waals surface area contributed by atoms with Gasteiger partial charge in [-0.15, -0.1) is 0 Å². The number of aliphatic hydroxyl groups is 2. The first-order chi connectivity index (χ1) is 16.0. The van der Waals surface area contributed by atoms with Gasteiger partial charge in [-0.3, -0.25) is 9.59 Å². The van der Waals surface area contributed by atoms with Crippen LogP contribution in [-0.4, -0.2) is 64.9 Å². The average Bonchev–Trinajstić information content (AvgIpc) is 3.07. The van der Waals surface area contributed by atoms with Crippen molar-refractivity contribution in [3.63, 3.8) is 0 Å². The monoisotopic (exact) mass is 453 g/mol. The Morgan fingerprint density at radius 1 is 1.12 bits per heavy atom. The molecule has 0 saturated heterocycles. The van der Waals surface area contributed by atoms with Crippen molar-refractivity contribution in [1.82, 2.24) is 4.90 Å². The summed E-state index contributed by atoms with van der Waals surface area (Å²) >= 11 is 0. The molecule has 0 saturated carbocycles. The van der Waals surface area contributed by atoms with Gasteiger partial charge in [0.05, 0.1) is 38.0 Å². The number of phenols is 1. The second-order valence-electron chi connectivity index (χ2n) is 7.27. The summed E-state index contributed by atoms with van der Waals surface area (Å²) in [5.74, 6) is -1.71. The summed E-state index contributed by atoms with van der Waals surface area (Å²) in [4.78, 5) is 27.3. The summed E-state index contributed by atoms with van der Waals surface area (Å²) in [5.41, 5.74) is 1.22. The number of benzene rings is 2. The zero-order valence-corrected chi connectivity index (χ0v) is 18.3. The minimum atomic E-state index is -0.900. The molecule has 0 aromatic heterocycles. The van der Waals surface area contributed by atoms with E-state index < -0.39 is 23.5 Å². The molecule has 8 heteroatoms. The maximum absolute atomic E-state index is 13.1. The van der Waals surface area contributed by atoms with Crippen molar-refractivity contribution in [2.75, 3.05) is 33.0 Å². The van der Waals surface area contributed by atoms with E-state index in [1.165, 1.54) is 17.0 Å². The van der Waals surface area contributed by atoms with Crippen LogP contribution in [0.1, 0.15) is 24.1 Å². The Balaban J connectivity index is 1.97. The summed E-state index contributed by atoms with van der Waals surface area (Å²) in [5, 5.41) is 29.6. The molecule has 1 aliphatic heterocycles. The number of carbonyl (C=O) groups excluding carboxylic acids is 2. The second kappa shape index (κ2) is 11.3. The molecule has 0 aliphatic carbocycles. The van der Waals surface area contributed by atoms with Gasteiger partial charge in [0, 0.05) is 6.54 Å². The number of ether oxygens (including phenoxy) is 2. The number of allylic oxidation sites excluding steroid dienone is 1. The van der Waals surface area contributed by atoms with Crippen molar-refractivity contribution in [3.8, 4) is 11.5 Å². The summed E-state index contributed by atoms with van der Waals surface area (Å²) in [6.45, 7) is 2.21. The van der Waals surface area contributed by atoms with Gasteiger partial charge in [0.25, 0.3) is 5.91 Å². The molecule has 3 rings (SSSR count). The second-order valence-corrected chi connectivity index (χ2v) is 7.27. The summed E-state index contributed by atoms with van der Waals surface area (Å²) < 4.78 is 10.7. The highest BCUT2D eigenvalue weighted by Gasteiger charge is 2.43. The smallest absolute Gasteiger partial charge is 0.290 e. The van der Waals surface area contributed by atoms with E-state index in [-0.39, 0.29) is 43.4 Å². The first-order valence-corrected chi connectivity index (χ1v) is 10.6. The molecule has 1 atom stereocenters. The van der Waals surface area contributed by atoms with E-state index in [4.69, 9.17) is 14.6 Å². The van der Waals surface area contributed by atoms with Crippen LogP contribution in [0, 0.1) is 0 Å². The minimum Gasteiger partial charge on any atom is -0.504 e. The molecule has 2 aromatic rings. The minimum absolute atomic E-state index is 0.0672. The fraction of sp³-hybridized carbons (Fsp3) is 0.280. The fourth-order valence-electron chi connectivity index (χ4n) is 3.61. The number of aliphatic hydroxyl groups excluding tert-OH is 2. The zero-order chi connectivity index (χ0) is 23.8. The van der Waals surface area contributed by atoms with Gasteiger partial charge in [0.1, 0.15) is 0 Å². The van der Waals surface area contributed by atoms with Crippen LogP contribution >= 0.6 is 0 Å². The lowest BCUT2D eigenvalue weighted by atomic mass is 9.95. The number of carbonyl (C=O) groups is 2. The lowest BCUT2D eigenvalue weighted by Gasteiger charge is -2.27. The Kier molecular flexibility index (Phi) is 8.23. The average molecular weight is 453 g/mol. The molecule has 1 heterocycles. The highest BCUT2D eigenvalue weighted by Crippen LogP contribution is 2.40. The molecule has 1 aliphatic rings. The van der Waals surface area contributed by atoms with Gasteiger partial charge in [-0.2, -0.15) is 0 Å². The third kappa shape index (κ3) is 5.60. The fourth-order valence-corrected chi connectivity index (χ4v) is 3.61. The van der Waals surface area contributed by atoms with Gasteiger partial charge >= 0.3 is 0 Å². The number of amides is 1. The van der Waals surface area contributed by atoms with Gasteiger partial charge in [-0.05, 0) is 36.3 Å². The van der Waals surface area contributed by atoms with Crippen LogP contribution in [0.5, 0.6) is 11.5 Å². The molecule has 0 bridgehead atoms. The Hall–Kier alpha value is -3.62. The quantitative estimate of drug-likeness (QED) is 0.354. The Bertz CT molecular complexity index is 1050. The maximum atomic E-state index is 13.1. The summed E-state index contributed by atoms with van der Waals surface area (Å²) in [7, 11) is 0. The topological polar surface area (TPSA) is 117 Å². The molecule has 174 valence electrons. The molecular formula is C25H27NO7. The molecule has 33 heavy (non-hydrogen) atoms. The number of nitrogens with zero attached hydrogens (tertiary/aromatic N) is 1. The van der Waals surface area contributed by atoms with Gasteiger partial charge in [0.15, 0.2) is 23.0 Å². The summed E-state index contributed by atoms with van der Waals surface area (Å²) in [6.07, 6.45) is 2.93. The highest BCUT2D eigenvalue weighted by molar-refractivity contribution is 6.14. The van der Waals surface area contributed by atoms with E-state index in [9.17, 15) is 19.8 Å². The lowest BCUT2D eigenvalue weighted by Crippen LogP contribution is -2.34. The van der Waals surface area contributed by atoms with E-state index in [0.29, 0.717) is 12.2 Å². The third-order valence-electron chi connectivity index (χ3n) is 5.11. The number of hydrogen-bond acceptors (Lipinski definition) is 7. The number of rotatable bonds is 11. The maximum Gasteiger partial charge on any atom is 0.290 e. The molecule has 2 aromatic carbocycles. The van der Waals surface area contributed by atoms with Crippen LogP contribution in [0.25, 0.3) is 6.08 Å². The van der Waals surface area contributed by atoms with E-state index >= 15 is 0 Å². The molecule has 1 unspecified atom stereocenters. The number of aromatic hydroxyl groups is 1. The van der Waals surface area contributed by atoms with E-state index in [1.807, 2.05) is 30.3 Å². The molecular weight excluding hydrogens is 426 g/mol. The van der Waals surface area contributed by atoms with Crippen LogP contribution in [0.4, 0.5) is 0 Å². The van der Waals surface area contributed by atoms with Crippen LogP contribution in [0.3, 0.4) is 0 Å². The predicted molar refractivity (Wildman–Crippen MR) is 122 cm³/mol. The highest BCUT2D eigenvalue weighted by atomic mass is 16.5. The van der Waals surface area contributed by atoms with Crippen LogP contribution < -0.4 is 4.74 Å². The Morgan fingerprint density at radius 3 is 2.58 bits per heavy atom. The van der Waals surface area contributed by atoms with Gasteiger partial charge in [-0.1, -0.05) is 42.5 Å². The van der Waals surface area contributed by atoms with E-state index in [0.717, 1.165) is 5.56 Å². The van der Waals surface area contributed by atoms with Crippen molar-refractivity contribution < 1.29 is 34.4 Å². The van der Waals surface area contributed by atoms with Crippen molar-refractivity contribution in [1.29, 1.82) is 0 Å². The van der Waals surface area contributed by atoms with Crippen LogP contribution in [0.2, 0.25) is 0 Å². The largest absolute Gasteiger partial charge is 0.504 e. The first-order valence-electron chi connectivity index (χ1n) is 10.6. The lowest BCUT2D eigenvalue weighted by molar-refractivity contribution is -0.130.